The van der Waals surface area contributed by atoms with Gasteiger partial charge in [-0.1, -0.05) is 23.4 Å². The van der Waals surface area contributed by atoms with Crippen LogP contribution in [0.2, 0.25) is 5.15 Å². The molecule has 0 radical (unpaired) electrons. The van der Waals surface area contributed by atoms with E-state index >= 15 is 0 Å². The normalized spacial score (nSPS) is 36.0. The summed E-state index contributed by atoms with van der Waals surface area (Å²) in [6.45, 7) is 1.94. The minimum absolute atomic E-state index is 0.0757. The van der Waals surface area contributed by atoms with E-state index in [0.29, 0.717) is 5.15 Å². The van der Waals surface area contributed by atoms with Crippen molar-refractivity contribution in [3.63, 3.8) is 0 Å². The van der Waals surface area contributed by atoms with Crippen LogP contribution in [-0.4, -0.2) is 26.9 Å². The zero-order chi connectivity index (χ0) is 16.0. The van der Waals surface area contributed by atoms with Crippen LogP contribution in [0.25, 0.3) is 0 Å². The monoisotopic (exact) mass is 351 g/mol. The van der Waals surface area contributed by atoms with Crippen molar-refractivity contribution in [2.45, 2.75) is 61.3 Å². The van der Waals surface area contributed by atoms with E-state index in [0.717, 1.165) is 22.8 Å². The molecule has 4 fully saturated rings. The fraction of sp³-hybridized carbons (Fsp3) is 0.706. The summed E-state index contributed by atoms with van der Waals surface area (Å²) in [5.41, 5.74) is 0.0757. The molecule has 4 aliphatic carbocycles. The minimum atomic E-state index is -0.168. The Morgan fingerprint density at radius 3 is 2.35 bits per heavy atom. The van der Waals surface area contributed by atoms with Gasteiger partial charge in [-0.25, -0.2) is 0 Å². The van der Waals surface area contributed by atoms with Crippen molar-refractivity contribution >= 4 is 29.3 Å². The molecule has 5 rings (SSSR count). The molecule has 4 nitrogen and oxygen atoms in total. The number of halogens is 1. The summed E-state index contributed by atoms with van der Waals surface area (Å²) < 4.78 is 0. The number of rotatable bonds is 4. The van der Waals surface area contributed by atoms with Crippen molar-refractivity contribution < 1.29 is 4.79 Å². The second-order valence-corrected chi connectivity index (χ2v) is 9.39. The molecule has 124 valence electrons. The predicted octanol–water partition coefficient (Wildman–Crippen LogP) is 3.70. The average molecular weight is 352 g/mol. The lowest BCUT2D eigenvalue weighted by molar-refractivity contribution is -0.126. The van der Waals surface area contributed by atoms with Crippen molar-refractivity contribution in [3.8, 4) is 0 Å². The Labute approximate surface area is 146 Å². The van der Waals surface area contributed by atoms with E-state index in [1.165, 1.54) is 50.3 Å². The first-order valence-corrected chi connectivity index (χ1v) is 9.75. The maximum Gasteiger partial charge on any atom is 0.233 e. The first-order valence-electron chi connectivity index (χ1n) is 8.49. The second kappa shape index (κ2) is 5.92. The highest BCUT2D eigenvalue weighted by molar-refractivity contribution is 8.00. The summed E-state index contributed by atoms with van der Waals surface area (Å²) in [7, 11) is 0. The number of nitrogens with zero attached hydrogens (tertiary/aromatic N) is 2. The first kappa shape index (κ1) is 15.7. The van der Waals surface area contributed by atoms with Gasteiger partial charge in [-0.3, -0.25) is 4.79 Å². The van der Waals surface area contributed by atoms with Crippen LogP contribution in [0.5, 0.6) is 0 Å². The van der Waals surface area contributed by atoms with Crippen LogP contribution < -0.4 is 5.32 Å². The van der Waals surface area contributed by atoms with E-state index in [4.69, 9.17) is 11.6 Å². The molecule has 23 heavy (non-hydrogen) atoms. The number of amides is 1. The third-order valence-electron chi connectivity index (χ3n) is 5.70. The van der Waals surface area contributed by atoms with Crippen molar-refractivity contribution in [1.29, 1.82) is 0 Å². The summed E-state index contributed by atoms with van der Waals surface area (Å²) in [6.07, 6.45) is 7.72. The summed E-state index contributed by atoms with van der Waals surface area (Å²) in [5.74, 6) is 2.65. The summed E-state index contributed by atoms with van der Waals surface area (Å²) >= 11 is 7.20. The summed E-state index contributed by atoms with van der Waals surface area (Å²) in [4.78, 5) is 12.7. The van der Waals surface area contributed by atoms with Gasteiger partial charge in [0.25, 0.3) is 0 Å². The van der Waals surface area contributed by atoms with E-state index in [1.54, 1.807) is 6.07 Å². The fourth-order valence-electron chi connectivity index (χ4n) is 5.23. The molecule has 0 spiro atoms. The van der Waals surface area contributed by atoms with Crippen LogP contribution in [0.4, 0.5) is 0 Å². The van der Waals surface area contributed by atoms with E-state index in [-0.39, 0.29) is 16.7 Å². The van der Waals surface area contributed by atoms with Crippen LogP contribution in [0.1, 0.15) is 45.4 Å². The smallest absolute Gasteiger partial charge is 0.233 e. The number of hydrogen-bond acceptors (Lipinski definition) is 4. The van der Waals surface area contributed by atoms with Crippen LogP contribution in [-0.2, 0) is 4.79 Å². The molecule has 1 unspecified atom stereocenters. The lowest BCUT2D eigenvalue weighted by Gasteiger charge is -2.57. The maximum atomic E-state index is 12.7. The number of nitrogens with one attached hydrogen (secondary N) is 1. The van der Waals surface area contributed by atoms with Gasteiger partial charge in [0.1, 0.15) is 5.03 Å². The largest absolute Gasteiger partial charge is 0.350 e. The standard InChI is InChI=1S/C17H22ClN3OS/c1-10(23-15-3-2-14(18)20-21-15)16(22)19-17-7-11-4-12(8-17)6-13(5-11)9-17/h2-3,10-13H,4-9H2,1H3,(H,19,22). The van der Waals surface area contributed by atoms with Crippen LogP contribution in [0.3, 0.4) is 0 Å². The quantitative estimate of drug-likeness (QED) is 0.840. The van der Waals surface area contributed by atoms with Gasteiger partial charge in [-0.05, 0) is 75.3 Å². The van der Waals surface area contributed by atoms with Gasteiger partial charge >= 0.3 is 0 Å². The molecule has 1 aromatic heterocycles. The summed E-state index contributed by atoms with van der Waals surface area (Å²) in [5, 5.41) is 12.2. The van der Waals surface area contributed by atoms with E-state index in [1.807, 2.05) is 13.0 Å². The topological polar surface area (TPSA) is 54.9 Å². The van der Waals surface area contributed by atoms with Crippen LogP contribution in [0, 0.1) is 17.8 Å². The molecule has 1 aromatic rings. The first-order chi connectivity index (χ1) is 11.0. The van der Waals surface area contributed by atoms with Gasteiger partial charge < -0.3 is 5.32 Å². The fourth-order valence-corrected chi connectivity index (χ4v) is 6.09. The van der Waals surface area contributed by atoms with Crippen molar-refractivity contribution in [3.05, 3.63) is 17.3 Å². The van der Waals surface area contributed by atoms with Gasteiger partial charge in [-0.2, -0.15) is 0 Å². The molecular weight excluding hydrogens is 330 g/mol. The maximum absolute atomic E-state index is 12.7. The van der Waals surface area contributed by atoms with Gasteiger partial charge in [0, 0.05) is 5.54 Å². The second-order valence-electron chi connectivity index (χ2n) is 7.64. The zero-order valence-corrected chi connectivity index (χ0v) is 14.9. The van der Waals surface area contributed by atoms with E-state index in [9.17, 15) is 4.79 Å². The Bertz CT molecular complexity index is 571. The molecular formula is C17H22ClN3OS. The number of carbonyl (C=O) groups is 1. The number of carbonyl (C=O) groups excluding carboxylic acids is 1. The highest BCUT2D eigenvalue weighted by Gasteiger charge is 2.51. The molecule has 4 aliphatic rings. The van der Waals surface area contributed by atoms with Gasteiger partial charge in [0.05, 0.1) is 5.25 Å². The van der Waals surface area contributed by atoms with Gasteiger partial charge in [0.15, 0.2) is 5.15 Å². The van der Waals surface area contributed by atoms with E-state index < -0.39 is 0 Å². The molecule has 4 bridgehead atoms. The Morgan fingerprint density at radius 2 is 1.83 bits per heavy atom. The SMILES string of the molecule is CC(Sc1ccc(Cl)nn1)C(=O)NC12CC3CC(CC(C3)C1)C2. The van der Waals surface area contributed by atoms with E-state index in [2.05, 4.69) is 15.5 Å². The zero-order valence-electron chi connectivity index (χ0n) is 13.3. The molecule has 0 saturated heterocycles. The number of thioether (sulfide) groups is 1. The molecule has 1 heterocycles. The van der Waals surface area contributed by atoms with Crippen molar-refractivity contribution in [2.75, 3.05) is 0 Å². The minimum Gasteiger partial charge on any atom is -0.350 e. The molecule has 4 saturated carbocycles. The highest BCUT2D eigenvalue weighted by Crippen LogP contribution is 2.55. The molecule has 0 aliphatic heterocycles. The van der Waals surface area contributed by atoms with Gasteiger partial charge in [-0.15, -0.1) is 10.2 Å². The Hall–Kier alpha value is -0.810. The number of hydrogen-bond donors (Lipinski definition) is 1. The third-order valence-corrected chi connectivity index (χ3v) is 6.93. The molecule has 1 amide bonds. The molecule has 1 atom stereocenters. The Balaban J connectivity index is 1.40. The number of aromatic nitrogens is 2. The third kappa shape index (κ3) is 3.22. The predicted molar refractivity (Wildman–Crippen MR) is 91.4 cm³/mol. The van der Waals surface area contributed by atoms with Crippen molar-refractivity contribution in [2.24, 2.45) is 17.8 Å². The molecule has 6 heteroatoms. The van der Waals surface area contributed by atoms with Gasteiger partial charge in [0.2, 0.25) is 5.91 Å². The summed E-state index contributed by atoms with van der Waals surface area (Å²) in [6, 6.07) is 3.52. The Kier molecular flexibility index (Phi) is 4.04. The lowest BCUT2D eigenvalue weighted by atomic mass is 9.53. The highest BCUT2D eigenvalue weighted by atomic mass is 35.5. The molecule has 1 N–H and O–H groups in total. The van der Waals surface area contributed by atoms with Crippen molar-refractivity contribution in [1.82, 2.24) is 15.5 Å². The lowest BCUT2D eigenvalue weighted by Crippen LogP contribution is -2.60. The van der Waals surface area contributed by atoms with Crippen LogP contribution in [0.15, 0.2) is 17.2 Å². The van der Waals surface area contributed by atoms with Crippen LogP contribution >= 0.6 is 23.4 Å². The molecule has 0 aromatic carbocycles. The average Bonchev–Trinajstić information content (AvgIpc) is 2.47. The Morgan fingerprint density at radius 1 is 1.22 bits per heavy atom.